The first-order valence-electron chi connectivity index (χ1n) is 8.75. The monoisotopic (exact) mass is 307 g/mol. The van der Waals surface area contributed by atoms with E-state index in [1.54, 1.807) is 0 Å². The molecule has 1 aromatic carbocycles. The van der Waals surface area contributed by atoms with Crippen LogP contribution >= 0.6 is 0 Å². The average Bonchev–Trinajstić information content (AvgIpc) is 2.61. The van der Waals surface area contributed by atoms with Crippen molar-refractivity contribution >= 4 is 0 Å². The van der Waals surface area contributed by atoms with Crippen LogP contribution in [0, 0.1) is 0 Å². The lowest BCUT2D eigenvalue weighted by Gasteiger charge is -2.36. The van der Waals surface area contributed by atoms with Gasteiger partial charge >= 0.3 is 0 Å². The van der Waals surface area contributed by atoms with Gasteiger partial charge in [0.05, 0.1) is 11.7 Å². The number of nitrogens with zero attached hydrogens (tertiary/aromatic N) is 2. The molecule has 1 aliphatic carbocycles. The fraction of sp³-hybridized carbons (Fsp3) is 0.450. The summed E-state index contributed by atoms with van der Waals surface area (Å²) >= 11 is 0. The highest BCUT2D eigenvalue weighted by Crippen LogP contribution is 2.32. The van der Waals surface area contributed by atoms with E-state index in [4.69, 9.17) is 0 Å². The summed E-state index contributed by atoms with van der Waals surface area (Å²) in [5.41, 5.74) is 5.71. The third-order valence-corrected chi connectivity index (χ3v) is 5.37. The normalized spacial score (nSPS) is 23.4. The van der Waals surface area contributed by atoms with Crippen LogP contribution in [0.4, 0.5) is 0 Å². The van der Waals surface area contributed by atoms with Crippen molar-refractivity contribution < 1.29 is 0 Å². The molecule has 4 rings (SSSR count). The summed E-state index contributed by atoms with van der Waals surface area (Å²) in [6, 6.07) is 14.1. The minimum Gasteiger partial charge on any atom is -0.308 e. The lowest BCUT2D eigenvalue weighted by molar-refractivity contribution is 0.191. The topological polar surface area (TPSA) is 28.2 Å². The molecule has 2 heterocycles. The molecule has 1 N–H and O–H groups in total. The Labute approximate surface area is 138 Å². The quantitative estimate of drug-likeness (QED) is 0.944. The number of fused-ring (bicyclic) bond motifs is 2. The molecule has 0 bridgehead atoms. The Kier molecular flexibility index (Phi) is 4.15. The predicted molar refractivity (Wildman–Crippen MR) is 93.3 cm³/mol. The van der Waals surface area contributed by atoms with Crippen LogP contribution in [-0.4, -0.2) is 29.5 Å². The zero-order valence-corrected chi connectivity index (χ0v) is 13.8. The molecule has 0 radical (unpaired) electrons. The third kappa shape index (κ3) is 3.04. The summed E-state index contributed by atoms with van der Waals surface area (Å²) < 4.78 is 0. The van der Waals surface area contributed by atoms with Crippen molar-refractivity contribution in [3.63, 3.8) is 0 Å². The van der Waals surface area contributed by atoms with Crippen molar-refractivity contribution in [1.29, 1.82) is 0 Å². The van der Waals surface area contributed by atoms with E-state index in [1.165, 1.54) is 41.6 Å². The lowest BCUT2D eigenvalue weighted by Crippen LogP contribution is -2.45. The Hall–Kier alpha value is -1.71. The smallest absolute Gasteiger partial charge is 0.0607 e. The number of hydrogen-bond acceptors (Lipinski definition) is 3. The molecule has 0 saturated carbocycles. The number of aryl methyl sites for hydroxylation is 1. The van der Waals surface area contributed by atoms with Crippen molar-refractivity contribution in [2.45, 2.75) is 44.3 Å². The highest BCUT2D eigenvalue weighted by atomic mass is 15.2. The lowest BCUT2D eigenvalue weighted by atomic mass is 9.90. The Morgan fingerprint density at radius 3 is 2.87 bits per heavy atom. The van der Waals surface area contributed by atoms with E-state index in [0.29, 0.717) is 12.1 Å². The third-order valence-electron chi connectivity index (χ3n) is 5.37. The van der Waals surface area contributed by atoms with Crippen molar-refractivity contribution in [2.24, 2.45) is 0 Å². The van der Waals surface area contributed by atoms with Gasteiger partial charge in [-0.25, -0.2) is 0 Å². The molecule has 0 fully saturated rings. The molecule has 1 aromatic heterocycles. The van der Waals surface area contributed by atoms with Crippen LogP contribution in [-0.2, 0) is 19.4 Å². The predicted octanol–water partition coefficient (Wildman–Crippen LogP) is 3.11. The first kappa shape index (κ1) is 14.9. The summed E-state index contributed by atoms with van der Waals surface area (Å²) in [5.74, 6) is 0. The largest absolute Gasteiger partial charge is 0.308 e. The number of benzene rings is 1. The number of likely N-dealkylation sites (N-methyl/N-ethyl adjacent to an activating group) is 1. The van der Waals surface area contributed by atoms with Crippen LogP contribution in [0.1, 0.15) is 41.3 Å². The summed E-state index contributed by atoms with van der Waals surface area (Å²) in [4.78, 5) is 7.20. The zero-order valence-electron chi connectivity index (χ0n) is 13.8. The maximum Gasteiger partial charge on any atom is 0.0607 e. The number of rotatable bonds is 3. The second-order valence-corrected chi connectivity index (χ2v) is 6.95. The molecule has 120 valence electrons. The van der Waals surface area contributed by atoms with Gasteiger partial charge in [0.15, 0.2) is 0 Å². The SMILES string of the molecule is CN(CC1Cc2ccccc2CN1)[C@H]1CCCc2cccnc21. The second-order valence-electron chi connectivity index (χ2n) is 6.95. The van der Waals surface area contributed by atoms with Gasteiger partial charge in [0.1, 0.15) is 0 Å². The molecule has 2 aromatic rings. The zero-order chi connectivity index (χ0) is 15.6. The van der Waals surface area contributed by atoms with Gasteiger partial charge in [-0.2, -0.15) is 0 Å². The number of nitrogens with one attached hydrogen (secondary N) is 1. The second kappa shape index (κ2) is 6.42. The van der Waals surface area contributed by atoms with E-state index in [0.717, 1.165) is 19.5 Å². The standard InChI is InChI=1S/C20H25N3/c1-23(19-10-4-8-15-9-5-11-21-20(15)19)14-18-12-16-6-2-3-7-17(16)13-22-18/h2-3,5-7,9,11,18-19,22H,4,8,10,12-14H2,1H3/t18?,19-/m0/s1. The first-order valence-corrected chi connectivity index (χ1v) is 8.75. The molecule has 0 amide bonds. The van der Waals surface area contributed by atoms with Crippen LogP contribution in [0.5, 0.6) is 0 Å². The van der Waals surface area contributed by atoms with Gasteiger partial charge in [0, 0.05) is 25.3 Å². The summed E-state index contributed by atoms with van der Waals surface area (Å²) in [7, 11) is 2.26. The van der Waals surface area contributed by atoms with E-state index in [-0.39, 0.29) is 0 Å². The van der Waals surface area contributed by atoms with Crippen LogP contribution in [0.25, 0.3) is 0 Å². The molecule has 3 nitrogen and oxygen atoms in total. The Balaban J connectivity index is 1.46. The molecule has 0 spiro atoms. The highest BCUT2D eigenvalue weighted by molar-refractivity contribution is 5.30. The fourth-order valence-electron chi connectivity index (χ4n) is 4.14. The van der Waals surface area contributed by atoms with Crippen molar-refractivity contribution in [3.05, 3.63) is 65.0 Å². The summed E-state index contributed by atoms with van der Waals surface area (Å²) in [6.45, 7) is 2.07. The van der Waals surface area contributed by atoms with Crippen LogP contribution < -0.4 is 5.32 Å². The molecule has 2 aliphatic rings. The minimum absolute atomic E-state index is 0.471. The maximum atomic E-state index is 4.69. The molecule has 2 atom stereocenters. The van der Waals surface area contributed by atoms with Crippen LogP contribution in [0.15, 0.2) is 42.6 Å². The van der Waals surface area contributed by atoms with Gasteiger partial charge in [0.25, 0.3) is 0 Å². The number of hydrogen-bond donors (Lipinski definition) is 1. The van der Waals surface area contributed by atoms with E-state index in [1.807, 2.05) is 6.20 Å². The van der Waals surface area contributed by atoms with Crippen molar-refractivity contribution in [3.8, 4) is 0 Å². The van der Waals surface area contributed by atoms with Crippen molar-refractivity contribution in [1.82, 2.24) is 15.2 Å². The van der Waals surface area contributed by atoms with Gasteiger partial charge in [-0.05, 0) is 55.5 Å². The van der Waals surface area contributed by atoms with E-state index < -0.39 is 0 Å². The molecule has 3 heteroatoms. The van der Waals surface area contributed by atoms with Crippen molar-refractivity contribution in [2.75, 3.05) is 13.6 Å². The molecular weight excluding hydrogens is 282 g/mol. The Morgan fingerprint density at radius 1 is 1.13 bits per heavy atom. The van der Waals surface area contributed by atoms with E-state index >= 15 is 0 Å². The van der Waals surface area contributed by atoms with E-state index in [2.05, 4.69) is 58.6 Å². The maximum absolute atomic E-state index is 4.69. The van der Waals surface area contributed by atoms with Gasteiger partial charge in [-0.3, -0.25) is 9.88 Å². The number of pyridine rings is 1. The molecule has 1 unspecified atom stereocenters. The van der Waals surface area contributed by atoms with E-state index in [9.17, 15) is 0 Å². The van der Waals surface area contributed by atoms with Crippen LogP contribution in [0.2, 0.25) is 0 Å². The first-order chi connectivity index (χ1) is 11.3. The molecular formula is C20H25N3. The minimum atomic E-state index is 0.471. The van der Waals surface area contributed by atoms with Gasteiger partial charge < -0.3 is 5.32 Å². The van der Waals surface area contributed by atoms with Gasteiger partial charge in [-0.1, -0.05) is 30.3 Å². The van der Waals surface area contributed by atoms with Gasteiger partial charge in [0.2, 0.25) is 0 Å². The summed E-state index contributed by atoms with van der Waals surface area (Å²) in [6.07, 6.45) is 6.75. The average molecular weight is 307 g/mol. The Bertz CT molecular complexity index is 682. The van der Waals surface area contributed by atoms with Crippen LogP contribution in [0.3, 0.4) is 0 Å². The Morgan fingerprint density at radius 2 is 1.96 bits per heavy atom. The number of aromatic nitrogens is 1. The molecule has 1 aliphatic heterocycles. The molecule has 0 saturated heterocycles. The highest BCUT2D eigenvalue weighted by Gasteiger charge is 2.27. The fourth-order valence-corrected chi connectivity index (χ4v) is 4.14. The van der Waals surface area contributed by atoms with Gasteiger partial charge in [-0.15, -0.1) is 0 Å². The summed E-state index contributed by atoms with van der Waals surface area (Å²) in [5, 5.41) is 3.71. The molecule has 23 heavy (non-hydrogen) atoms.